The van der Waals surface area contributed by atoms with Gasteiger partial charge >= 0.3 is 5.66 Å². The van der Waals surface area contributed by atoms with Crippen molar-refractivity contribution in [3.8, 4) is 0 Å². The molecule has 3 aliphatic rings. The Morgan fingerprint density at radius 1 is 1.35 bits per heavy atom. The van der Waals surface area contributed by atoms with Crippen LogP contribution in [0.5, 0.6) is 0 Å². The van der Waals surface area contributed by atoms with E-state index in [0.29, 0.717) is 0 Å². The van der Waals surface area contributed by atoms with E-state index in [2.05, 4.69) is 17.5 Å². The number of nitrogens with zero attached hydrogens (tertiary/aromatic N) is 2. The van der Waals surface area contributed by atoms with Gasteiger partial charge in [0.2, 0.25) is 0 Å². The number of hydrogen-bond donors (Lipinski definition) is 2. The highest BCUT2D eigenvalue weighted by molar-refractivity contribution is 7.81. The molecular formula is C12H18N2O2S. The Bertz CT molecular complexity index is 349. The van der Waals surface area contributed by atoms with E-state index in [1.54, 1.807) is 0 Å². The van der Waals surface area contributed by atoms with Crippen molar-refractivity contribution < 1.29 is 9.94 Å². The number of fused-ring (bicyclic) bond motifs is 2. The van der Waals surface area contributed by atoms with Gasteiger partial charge in [-0.25, -0.2) is 6.57 Å². The minimum atomic E-state index is -0.487. The maximum absolute atomic E-state index is 9.86. The Morgan fingerprint density at radius 2 is 2.06 bits per heavy atom. The highest BCUT2D eigenvalue weighted by Crippen LogP contribution is 2.47. The lowest BCUT2D eigenvalue weighted by molar-refractivity contribution is -0.257. The SMILES string of the molecule is [C-]#[N+]C1(N2OC3CC2C(S)C3O)CCCCC1. The van der Waals surface area contributed by atoms with E-state index in [4.69, 9.17) is 11.4 Å². The van der Waals surface area contributed by atoms with Crippen molar-refractivity contribution in [3.63, 3.8) is 0 Å². The lowest BCUT2D eigenvalue weighted by Gasteiger charge is -2.40. The summed E-state index contributed by atoms with van der Waals surface area (Å²) in [6, 6.07) is 0.102. The molecule has 0 aromatic heterocycles. The van der Waals surface area contributed by atoms with Crippen LogP contribution in [0.2, 0.25) is 0 Å². The number of hydrogen-bond acceptors (Lipinski definition) is 4. The average molecular weight is 254 g/mol. The van der Waals surface area contributed by atoms with Gasteiger partial charge in [-0.15, -0.1) is 5.06 Å². The highest BCUT2D eigenvalue weighted by atomic mass is 32.1. The molecule has 0 aromatic rings. The normalized spacial score (nSPS) is 44.8. The molecule has 2 aliphatic carbocycles. The van der Waals surface area contributed by atoms with Crippen molar-refractivity contribution in [1.29, 1.82) is 0 Å². The van der Waals surface area contributed by atoms with Crippen molar-refractivity contribution in [2.45, 2.75) is 67.7 Å². The number of aliphatic hydroxyl groups is 1. The van der Waals surface area contributed by atoms with E-state index >= 15 is 0 Å². The first-order valence-corrected chi connectivity index (χ1v) is 6.90. The van der Waals surface area contributed by atoms with Crippen LogP contribution in [0.4, 0.5) is 0 Å². The van der Waals surface area contributed by atoms with Gasteiger partial charge in [-0.05, 0) is 19.3 Å². The molecule has 1 N–H and O–H groups in total. The van der Waals surface area contributed by atoms with Crippen LogP contribution in [0.3, 0.4) is 0 Å². The summed E-state index contributed by atoms with van der Waals surface area (Å²) in [7, 11) is 0. The summed E-state index contributed by atoms with van der Waals surface area (Å²) in [6.07, 6.45) is 5.36. The van der Waals surface area contributed by atoms with Crippen molar-refractivity contribution in [2.75, 3.05) is 0 Å². The third-order valence-corrected chi connectivity index (χ3v) is 5.07. The minimum Gasteiger partial charge on any atom is -0.389 e. The monoisotopic (exact) mass is 254 g/mol. The van der Waals surface area contributed by atoms with Crippen molar-refractivity contribution >= 4 is 12.6 Å². The van der Waals surface area contributed by atoms with Crippen LogP contribution in [0.25, 0.3) is 4.85 Å². The lowest BCUT2D eigenvalue weighted by Crippen LogP contribution is -2.56. The summed E-state index contributed by atoms with van der Waals surface area (Å²) in [6.45, 7) is 7.52. The molecule has 3 rings (SSSR count). The molecule has 3 fully saturated rings. The molecule has 0 aromatic carbocycles. The maximum atomic E-state index is 9.86. The third-order valence-electron chi connectivity index (χ3n) is 4.42. The second-order valence-corrected chi connectivity index (χ2v) is 6.01. The van der Waals surface area contributed by atoms with Gasteiger partial charge < -0.3 is 5.11 Å². The standard InChI is InChI=1S/C12H18N2O2S/c1-13-12(5-3-2-4-6-12)14-8-7-9(16-14)10(15)11(8)17/h8-11,15,17H,2-7H2. The lowest BCUT2D eigenvalue weighted by atomic mass is 9.88. The van der Waals surface area contributed by atoms with E-state index in [9.17, 15) is 5.11 Å². The van der Waals surface area contributed by atoms with Gasteiger partial charge in [-0.2, -0.15) is 12.6 Å². The molecule has 2 bridgehead atoms. The van der Waals surface area contributed by atoms with E-state index in [1.807, 2.05) is 5.06 Å². The Hall–Kier alpha value is -0.280. The van der Waals surface area contributed by atoms with E-state index in [0.717, 1.165) is 32.1 Å². The van der Waals surface area contributed by atoms with Crippen LogP contribution in [-0.4, -0.2) is 39.3 Å². The molecule has 4 unspecified atom stereocenters. The van der Waals surface area contributed by atoms with Gasteiger partial charge in [0, 0.05) is 18.1 Å². The number of thiol groups is 1. The fourth-order valence-corrected chi connectivity index (χ4v) is 3.87. The van der Waals surface area contributed by atoms with Gasteiger partial charge in [0.15, 0.2) is 0 Å². The summed E-state index contributed by atoms with van der Waals surface area (Å²) in [4.78, 5) is 9.67. The van der Waals surface area contributed by atoms with Gasteiger partial charge in [0.1, 0.15) is 6.10 Å². The molecule has 0 spiro atoms. The molecule has 4 atom stereocenters. The summed E-state index contributed by atoms with van der Waals surface area (Å²) < 4.78 is 0. The van der Waals surface area contributed by atoms with Crippen molar-refractivity contribution in [3.05, 3.63) is 11.4 Å². The summed E-state index contributed by atoms with van der Waals surface area (Å²) >= 11 is 4.47. The molecule has 1 aliphatic heterocycles. The third kappa shape index (κ3) is 1.62. The second-order valence-electron chi connectivity index (χ2n) is 5.41. The van der Waals surface area contributed by atoms with Crippen LogP contribution < -0.4 is 0 Å². The van der Waals surface area contributed by atoms with E-state index in [-0.39, 0.29) is 17.4 Å². The molecule has 94 valence electrons. The molecule has 17 heavy (non-hydrogen) atoms. The van der Waals surface area contributed by atoms with E-state index < -0.39 is 11.8 Å². The molecule has 2 saturated carbocycles. The smallest absolute Gasteiger partial charge is 0.309 e. The second kappa shape index (κ2) is 4.13. The fourth-order valence-electron chi connectivity index (χ4n) is 3.43. The molecule has 1 heterocycles. The number of hydroxylamine groups is 2. The van der Waals surface area contributed by atoms with Crippen LogP contribution in [0.15, 0.2) is 0 Å². The van der Waals surface area contributed by atoms with Crippen molar-refractivity contribution in [2.24, 2.45) is 0 Å². The van der Waals surface area contributed by atoms with Gasteiger partial charge in [0.05, 0.1) is 12.1 Å². The van der Waals surface area contributed by atoms with Crippen LogP contribution in [-0.2, 0) is 4.84 Å². The van der Waals surface area contributed by atoms with Crippen LogP contribution in [0, 0.1) is 6.57 Å². The van der Waals surface area contributed by atoms with Gasteiger partial charge in [-0.3, -0.25) is 9.68 Å². The zero-order chi connectivity index (χ0) is 12.0. The quantitative estimate of drug-likeness (QED) is 0.551. The Balaban J connectivity index is 1.83. The Morgan fingerprint density at radius 3 is 2.59 bits per heavy atom. The van der Waals surface area contributed by atoms with Crippen LogP contribution >= 0.6 is 12.6 Å². The predicted octanol–water partition coefficient (Wildman–Crippen LogP) is 1.61. The van der Waals surface area contributed by atoms with E-state index in [1.165, 1.54) is 6.42 Å². The first kappa shape index (κ1) is 11.8. The first-order valence-electron chi connectivity index (χ1n) is 6.39. The number of aliphatic hydroxyl groups excluding tert-OH is 1. The average Bonchev–Trinajstić information content (AvgIpc) is 2.92. The molecule has 4 nitrogen and oxygen atoms in total. The summed E-state index contributed by atoms with van der Waals surface area (Å²) in [5.41, 5.74) is -0.487. The van der Waals surface area contributed by atoms with Gasteiger partial charge in [-0.1, -0.05) is 6.42 Å². The fraction of sp³-hybridized carbons (Fsp3) is 0.917. The topological polar surface area (TPSA) is 37.1 Å². The molecule has 0 amide bonds. The van der Waals surface area contributed by atoms with Crippen molar-refractivity contribution in [1.82, 2.24) is 5.06 Å². The Labute approximate surface area is 107 Å². The first-order chi connectivity index (χ1) is 8.18. The molecule has 0 radical (unpaired) electrons. The van der Waals surface area contributed by atoms with Crippen LogP contribution in [0.1, 0.15) is 38.5 Å². The number of rotatable bonds is 1. The molecule has 5 heteroatoms. The summed E-state index contributed by atoms with van der Waals surface area (Å²) in [5.74, 6) is 0. The highest BCUT2D eigenvalue weighted by Gasteiger charge is 2.60. The van der Waals surface area contributed by atoms with Gasteiger partial charge in [0.25, 0.3) is 0 Å². The maximum Gasteiger partial charge on any atom is 0.309 e. The molecular weight excluding hydrogens is 236 g/mol. The minimum absolute atomic E-state index is 0.0747. The zero-order valence-corrected chi connectivity index (χ0v) is 10.6. The zero-order valence-electron chi connectivity index (χ0n) is 9.75. The predicted molar refractivity (Wildman–Crippen MR) is 66.3 cm³/mol. The largest absolute Gasteiger partial charge is 0.389 e. The Kier molecular flexibility index (Phi) is 2.86. The summed E-state index contributed by atoms with van der Waals surface area (Å²) in [5, 5.41) is 11.7. The molecule has 1 saturated heterocycles.